The van der Waals surface area contributed by atoms with Gasteiger partial charge in [0.1, 0.15) is 0 Å². The van der Waals surface area contributed by atoms with Crippen molar-refractivity contribution in [2.24, 2.45) is 0 Å². The highest BCUT2D eigenvalue weighted by Gasteiger charge is 2.31. The standard InChI is InChI=1S/C17H18F3N/c1-3-21-16(13-7-5-4-6-8-13)15-10-9-14(11-12(15)2)17(18,19)20/h4-11,16,21H,3H2,1-2H3. The molecule has 1 atom stereocenters. The third-order valence-corrected chi connectivity index (χ3v) is 3.45. The Morgan fingerprint density at radius 3 is 2.24 bits per heavy atom. The van der Waals surface area contributed by atoms with E-state index in [1.165, 1.54) is 6.07 Å². The van der Waals surface area contributed by atoms with Gasteiger partial charge in [-0.05, 0) is 42.3 Å². The van der Waals surface area contributed by atoms with Gasteiger partial charge in [0, 0.05) is 0 Å². The van der Waals surface area contributed by atoms with E-state index in [9.17, 15) is 13.2 Å². The van der Waals surface area contributed by atoms with Crippen LogP contribution in [0.2, 0.25) is 0 Å². The van der Waals surface area contributed by atoms with Gasteiger partial charge in [0.25, 0.3) is 0 Å². The first-order chi connectivity index (χ1) is 9.93. The molecule has 0 aliphatic heterocycles. The van der Waals surface area contributed by atoms with Crippen LogP contribution in [-0.2, 0) is 6.18 Å². The highest BCUT2D eigenvalue weighted by Crippen LogP contribution is 2.33. The van der Waals surface area contributed by atoms with Crippen LogP contribution in [0.5, 0.6) is 0 Å². The van der Waals surface area contributed by atoms with Gasteiger partial charge in [0.05, 0.1) is 11.6 Å². The number of hydrogen-bond acceptors (Lipinski definition) is 1. The Hall–Kier alpha value is -1.81. The second kappa shape index (κ2) is 6.31. The summed E-state index contributed by atoms with van der Waals surface area (Å²) in [6.45, 7) is 4.44. The Morgan fingerprint density at radius 1 is 1.05 bits per heavy atom. The molecule has 112 valence electrons. The second-order valence-corrected chi connectivity index (χ2v) is 4.97. The van der Waals surface area contributed by atoms with Crippen molar-refractivity contribution >= 4 is 0 Å². The van der Waals surface area contributed by atoms with Crippen molar-refractivity contribution in [3.8, 4) is 0 Å². The molecule has 2 aromatic rings. The lowest BCUT2D eigenvalue weighted by molar-refractivity contribution is -0.137. The summed E-state index contributed by atoms with van der Waals surface area (Å²) in [5.41, 5.74) is 1.95. The fourth-order valence-electron chi connectivity index (χ4n) is 2.43. The Balaban J connectivity index is 2.42. The number of aryl methyl sites for hydroxylation is 1. The molecule has 1 nitrogen and oxygen atoms in total. The minimum Gasteiger partial charge on any atom is -0.307 e. The van der Waals surface area contributed by atoms with Crippen molar-refractivity contribution < 1.29 is 13.2 Å². The fraction of sp³-hybridized carbons (Fsp3) is 0.294. The summed E-state index contributed by atoms with van der Waals surface area (Å²) in [4.78, 5) is 0. The number of halogens is 3. The lowest BCUT2D eigenvalue weighted by Gasteiger charge is -2.22. The maximum absolute atomic E-state index is 12.8. The molecule has 0 heterocycles. The van der Waals surface area contributed by atoms with Crippen molar-refractivity contribution in [2.75, 3.05) is 6.54 Å². The molecule has 0 radical (unpaired) electrons. The first-order valence-electron chi connectivity index (χ1n) is 6.89. The van der Waals surface area contributed by atoms with Gasteiger partial charge in [-0.3, -0.25) is 0 Å². The van der Waals surface area contributed by atoms with E-state index in [1.54, 1.807) is 13.0 Å². The summed E-state index contributed by atoms with van der Waals surface area (Å²) in [5, 5.41) is 3.33. The maximum Gasteiger partial charge on any atom is 0.416 e. The summed E-state index contributed by atoms with van der Waals surface area (Å²) in [6, 6.07) is 13.6. The molecule has 0 aliphatic rings. The van der Waals surface area contributed by atoms with E-state index in [2.05, 4.69) is 5.32 Å². The zero-order valence-electron chi connectivity index (χ0n) is 12.0. The lowest BCUT2D eigenvalue weighted by Crippen LogP contribution is -2.23. The van der Waals surface area contributed by atoms with Gasteiger partial charge in [0.2, 0.25) is 0 Å². The zero-order chi connectivity index (χ0) is 15.5. The number of hydrogen-bond donors (Lipinski definition) is 1. The molecule has 0 fully saturated rings. The first-order valence-corrected chi connectivity index (χ1v) is 6.89. The Morgan fingerprint density at radius 2 is 1.71 bits per heavy atom. The molecule has 0 amide bonds. The van der Waals surface area contributed by atoms with E-state index < -0.39 is 11.7 Å². The average Bonchev–Trinajstić information content (AvgIpc) is 2.45. The van der Waals surface area contributed by atoms with Gasteiger partial charge >= 0.3 is 6.18 Å². The summed E-state index contributed by atoms with van der Waals surface area (Å²) in [7, 11) is 0. The molecular formula is C17H18F3N. The van der Waals surface area contributed by atoms with Crippen molar-refractivity contribution in [1.82, 2.24) is 5.32 Å². The van der Waals surface area contributed by atoms with Crippen LogP contribution in [0.15, 0.2) is 48.5 Å². The first kappa shape index (κ1) is 15.6. The van der Waals surface area contributed by atoms with Crippen LogP contribution in [0.1, 0.15) is 35.2 Å². The van der Waals surface area contributed by atoms with Gasteiger partial charge in [0.15, 0.2) is 0 Å². The minimum absolute atomic E-state index is 0.0986. The third kappa shape index (κ3) is 3.64. The number of nitrogens with one attached hydrogen (secondary N) is 1. The maximum atomic E-state index is 12.8. The number of benzene rings is 2. The van der Waals surface area contributed by atoms with E-state index in [4.69, 9.17) is 0 Å². The van der Waals surface area contributed by atoms with Gasteiger partial charge in [-0.25, -0.2) is 0 Å². The Kier molecular flexibility index (Phi) is 4.68. The predicted octanol–water partition coefficient (Wildman–Crippen LogP) is 4.71. The van der Waals surface area contributed by atoms with Crippen LogP contribution in [0.25, 0.3) is 0 Å². The van der Waals surface area contributed by atoms with Crippen molar-refractivity contribution in [1.29, 1.82) is 0 Å². The molecule has 1 unspecified atom stereocenters. The molecule has 4 heteroatoms. The molecule has 21 heavy (non-hydrogen) atoms. The van der Waals surface area contributed by atoms with Crippen LogP contribution in [-0.4, -0.2) is 6.54 Å². The SMILES string of the molecule is CCNC(c1ccccc1)c1ccc(C(F)(F)F)cc1C. The molecule has 0 aromatic heterocycles. The predicted molar refractivity (Wildman–Crippen MR) is 78.1 cm³/mol. The highest BCUT2D eigenvalue weighted by molar-refractivity contribution is 5.39. The van der Waals surface area contributed by atoms with Crippen LogP contribution in [0.4, 0.5) is 13.2 Å². The molecule has 2 rings (SSSR count). The van der Waals surface area contributed by atoms with E-state index >= 15 is 0 Å². The van der Waals surface area contributed by atoms with E-state index in [1.807, 2.05) is 37.3 Å². The van der Waals surface area contributed by atoms with Crippen LogP contribution in [0.3, 0.4) is 0 Å². The van der Waals surface area contributed by atoms with Crippen molar-refractivity contribution in [3.63, 3.8) is 0 Å². The quantitative estimate of drug-likeness (QED) is 0.860. The van der Waals surface area contributed by atoms with E-state index in [-0.39, 0.29) is 6.04 Å². The fourth-order valence-corrected chi connectivity index (χ4v) is 2.43. The molecule has 0 aliphatic carbocycles. The number of rotatable bonds is 4. The van der Waals surface area contributed by atoms with Crippen LogP contribution < -0.4 is 5.32 Å². The lowest BCUT2D eigenvalue weighted by atomic mass is 9.93. The van der Waals surface area contributed by atoms with Gasteiger partial charge in [-0.2, -0.15) is 13.2 Å². The Labute approximate surface area is 122 Å². The second-order valence-electron chi connectivity index (χ2n) is 4.97. The molecular weight excluding hydrogens is 275 g/mol. The monoisotopic (exact) mass is 293 g/mol. The van der Waals surface area contributed by atoms with Gasteiger partial charge < -0.3 is 5.32 Å². The molecule has 0 saturated heterocycles. The molecule has 0 bridgehead atoms. The zero-order valence-corrected chi connectivity index (χ0v) is 12.0. The molecule has 2 aromatic carbocycles. The van der Waals surface area contributed by atoms with E-state index in [0.717, 1.165) is 23.7 Å². The summed E-state index contributed by atoms with van der Waals surface area (Å²) >= 11 is 0. The van der Waals surface area contributed by atoms with E-state index in [0.29, 0.717) is 5.56 Å². The summed E-state index contributed by atoms with van der Waals surface area (Å²) in [6.07, 6.45) is -4.30. The van der Waals surface area contributed by atoms with Crippen molar-refractivity contribution in [2.45, 2.75) is 26.1 Å². The molecule has 0 saturated carbocycles. The highest BCUT2D eigenvalue weighted by atomic mass is 19.4. The van der Waals surface area contributed by atoms with Crippen LogP contribution in [0, 0.1) is 6.92 Å². The third-order valence-electron chi connectivity index (χ3n) is 3.45. The largest absolute Gasteiger partial charge is 0.416 e. The molecule has 0 spiro atoms. The minimum atomic E-state index is -4.30. The van der Waals surface area contributed by atoms with Gasteiger partial charge in [-0.1, -0.05) is 43.3 Å². The smallest absolute Gasteiger partial charge is 0.307 e. The Bertz CT molecular complexity index is 591. The summed E-state index contributed by atoms with van der Waals surface area (Å²) < 4.78 is 38.3. The van der Waals surface area contributed by atoms with Gasteiger partial charge in [-0.15, -0.1) is 0 Å². The molecule has 1 N–H and O–H groups in total. The summed E-state index contributed by atoms with van der Waals surface area (Å²) in [5.74, 6) is 0. The number of alkyl halides is 3. The normalized spacial score (nSPS) is 13.2. The average molecular weight is 293 g/mol. The van der Waals surface area contributed by atoms with Crippen LogP contribution >= 0.6 is 0 Å². The van der Waals surface area contributed by atoms with Crippen molar-refractivity contribution in [3.05, 3.63) is 70.8 Å². The topological polar surface area (TPSA) is 12.0 Å².